The van der Waals surface area contributed by atoms with E-state index in [4.69, 9.17) is 11.6 Å². The summed E-state index contributed by atoms with van der Waals surface area (Å²) in [4.78, 5) is 12.1. The Bertz CT molecular complexity index is 419. The lowest BCUT2D eigenvalue weighted by Crippen LogP contribution is -2.34. The van der Waals surface area contributed by atoms with Crippen LogP contribution in [0.4, 0.5) is 0 Å². The molecule has 3 heteroatoms. The predicted molar refractivity (Wildman–Crippen MR) is 79.5 cm³/mol. The normalized spacial score (nSPS) is 17.8. The van der Waals surface area contributed by atoms with Gasteiger partial charge in [0.1, 0.15) is 0 Å². The van der Waals surface area contributed by atoms with Crippen LogP contribution in [-0.2, 0) is 17.6 Å². The lowest BCUT2D eigenvalue weighted by Gasteiger charge is -2.23. The van der Waals surface area contributed by atoms with Crippen molar-refractivity contribution in [1.29, 1.82) is 0 Å². The highest BCUT2D eigenvalue weighted by atomic mass is 35.5. The monoisotopic (exact) mass is 279 g/mol. The van der Waals surface area contributed by atoms with Crippen molar-refractivity contribution < 1.29 is 4.79 Å². The number of carbonyl (C=O) groups excluding carboxylic acids is 1. The maximum absolute atomic E-state index is 12.1. The minimum Gasteiger partial charge on any atom is -0.356 e. The summed E-state index contributed by atoms with van der Waals surface area (Å²) < 4.78 is 0. The number of unbranched alkanes of at least 4 members (excludes halogenated alkanes) is 2. The van der Waals surface area contributed by atoms with Gasteiger partial charge in [0.05, 0.1) is 0 Å². The number of hydrogen-bond donors (Lipinski definition) is 1. The van der Waals surface area contributed by atoms with E-state index >= 15 is 0 Å². The summed E-state index contributed by atoms with van der Waals surface area (Å²) in [5.41, 5.74) is 2.75. The second-order valence-corrected chi connectivity index (χ2v) is 5.63. The molecule has 0 radical (unpaired) electrons. The van der Waals surface area contributed by atoms with E-state index in [1.54, 1.807) is 0 Å². The van der Waals surface area contributed by atoms with Gasteiger partial charge in [-0.05, 0) is 43.2 Å². The fraction of sp³-hybridized carbons (Fsp3) is 0.562. The van der Waals surface area contributed by atoms with Gasteiger partial charge in [-0.3, -0.25) is 4.79 Å². The summed E-state index contributed by atoms with van der Waals surface area (Å²) in [6.07, 6.45) is 6.06. The minimum absolute atomic E-state index is 0.155. The van der Waals surface area contributed by atoms with E-state index in [0.29, 0.717) is 5.88 Å². The first-order valence-electron chi connectivity index (χ1n) is 7.21. The third-order valence-electron chi connectivity index (χ3n) is 3.83. The Morgan fingerprint density at radius 1 is 1.21 bits per heavy atom. The number of amides is 1. The fourth-order valence-electron chi connectivity index (χ4n) is 2.67. The fourth-order valence-corrected chi connectivity index (χ4v) is 2.86. The molecule has 0 heterocycles. The Balaban J connectivity index is 1.76. The second-order valence-electron chi connectivity index (χ2n) is 5.25. The number of hydrogen-bond acceptors (Lipinski definition) is 1. The Kier molecular flexibility index (Phi) is 5.71. The minimum atomic E-state index is 0.155. The number of nitrogens with one attached hydrogen (secondary N) is 1. The number of benzene rings is 1. The van der Waals surface area contributed by atoms with Crippen molar-refractivity contribution in [2.45, 2.75) is 38.5 Å². The van der Waals surface area contributed by atoms with Gasteiger partial charge in [0.25, 0.3) is 0 Å². The summed E-state index contributed by atoms with van der Waals surface area (Å²) in [5.74, 6) is 1.09. The lowest BCUT2D eigenvalue weighted by molar-refractivity contribution is -0.125. The molecule has 1 N–H and O–H groups in total. The van der Waals surface area contributed by atoms with Crippen LogP contribution in [0.1, 0.15) is 36.8 Å². The van der Waals surface area contributed by atoms with Crippen LogP contribution in [0.25, 0.3) is 0 Å². The van der Waals surface area contributed by atoms with Gasteiger partial charge in [-0.2, -0.15) is 0 Å². The largest absolute Gasteiger partial charge is 0.356 e. The number of fused-ring (bicyclic) bond motifs is 1. The second kappa shape index (κ2) is 7.54. The average Bonchev–Trinajstić information content (AvgIpc) is 2.46. The SMILES string of the molecule is O=C(NCCCCCCl)C1CCc2ccccc2C1. The van der Waals surface area contributed by atoms with Crippen LogP contribution in [0.3, 0.4) is 0 Å². The van der Waals surface area contributed by atoms with Crippen LogP contribution in [0, 0.1) is 5.92 Å². The van der Waals surface area contributed by atoms with Crippen molar-refractivity contribution in [2.24, 2.45) is 5.92 Å². The average molecular weight is 280 g/mol. The molecule has 1 aromatic carbocycles. The smallest absolute Gasteiger partial charge is 0.223 e. The molecule has 1 aromatic rings. The zero-order chi connectivity index (χ0) is 13.5. The summed E-state index contributed by atoms with van der Waals surface area (Å²) in [7, 11) is 0. The first-order valence-corrected chi connectivity index (χ1v) is 7.75. The van der Waals surface area contributed by atoms with Crippen molar-refractivity contribution in [3.05, 3.63) is 35.4 Å². The molecule has 0 spiro atoms. The van der Waals surface area contributed by atoms with Crippen LogP contribution < -0.4 is 5.32 Å². The highest BCUT2D eigenvalue weighted by Crippen LogP contribution is 2.25. The molecule has 1 aliphatic carbocycles. The van der Waals surface area contributed by atoms with E-state index in [9.17, 15) is 4.79 Å². The number of rotatable bonds is 6. The topological polar surface area (TPSA) is 29.1 Å². The van der Waals surface area contributed by atoms with Gasteiger partial charge in [-0.15, -0.1) is 11.6 Å². The van der Waals surface area contributed by atoms with E-state index in [1.165, 1.54) is 11.1 Å². The Labute approximate surface area is 120 Å². The molecule has 1 aliphatic rings. The molecule has 0 aromatic heterocycles. The number of carbonyl (C=O) groups is 1. The third kappa shape index (κ3) is 4.24. The molecule has 0 aliphatic heterocycles. The first-order chi connectivity index (χ1) is 9.31. The summed E-state index contributed by atoms with van der Waals surface area (Å²) >= 11 is 5.63. The van der Waals surface area contributed by atoms with Crippen molar-refractivity contribution in [3.63, 3.8) is 0 Å². The van der Waals surface area contributed by atoms with Gasteiger partial charge >= 0.3 is 0 Å². The highest BCUT2D eigenvalue weighted by Gasteiger charge is 2.23. The van der Waals surface area contributed by atoms with Crippen molar-refractivity contribution in [2.75, 3.05) is 12.4 Å². The highest BCUT2D eigenvalue weighted by molar-refractivity contribution is 6.17. The quantitative estimate of drug-likeness (QED) is 0.628. The molecular weight excluding hydrogens is 258 g/mol. The maximum atomic E-state index is 12.1. The maximum Gasteiger partial charge on any atom is 0.223 e. The van der Waals surface area contributed by atoms with E-state index < -0.39 is 0 Å². The van der Waals surface area contributed by atoms with E-state index in [1.807, 2.05) is 0 Å². The zero-order valence-corrected chi connectivity index (χ0v) is 12.1. The van der Waals surface area contributed by atoms with Gasteiger partial charge < -0.3 is 5.32 Å². The van der Waals surface area contributed by atoms with Crippen molar-refractivity contribution in [3.8, 4) is 0 Å². The van der Waals surface area contributed by atoms with Gasteiger partial charge in [0.15, 0.2) is 0 Å². The van der Waals surface area contributed by atoms with Crippen molar-refractivity contribution in [1.82, 2.24) is 5.32 Å². The molecule has 2 rings (SSSR count). The number of alkyl halides is 1. The lowest BCUT2D eigenvalue weighted by atomic mass is 9.83. The van der Waals surface area contributed by atoms with E-state index in [0.717, 1.165) is 45.1 Å². The molecule has 0 saturated heterocycles. The van der Waals surface area contributed by atoms with Crippen LogP contribution in [0.2, 0.25) is 0 Å². The van der Waals surface area contributed by atoms with Gasteiger partial charge in [-0.1, -0.05) is 30.7 Å². The summed E-state index contributed by atoms with van der Waals surface area (Å²) in [5, 5.41) is 3.06. The van der Waals surface area contributed by atoms with Gasteiger partial charge in [-0.25, -0.2) is 0 Å². The zero-order valence-electron chi connectivity index (χ0n) is 11.3. The van der Waals surface area contributed by atoms with E-state index in [2.05, 4.69) is 29.6 Å². The van der Waals surface area contributed by atoms with Crippen LogP contribution >= 0.6 is 11.6 Å². The Morgan fingerprint density at radius 2 is 2.00 bits per heavy atom. The molecule has 0 saturated carbocycles. The molecule has 2 nitrogen and oxygen atoms in total. The first kappa shape index (κ1) is 14.4. The number of aryl methyl sites for hydroxylation is 1. The third-order valence-corrected chi connectivity index (χ3v) is 4.09. The molecular formula is C16H22ClNO. The molecule has 0 fully saturated rings. The molecule has 0 bridgehead atoms. The summed E-state index contributed by atoms with van der Waals surface area (Å²) in [6, 6.07) is 8.46. The number of halogens is 1. The van der Waals surface area contributed by atoms with Gasteiger partial charge in [0, 0.05) is 18.3 Å². The Morgan fingerprint density at radius 3 is 2.79 bits per heavy atom. The predicted octanol–water partition coefficient (Wildman–Crippen LogP) is 3.32. The van der Waals surface area contributed by atoms with Crippen LogP contribution in [-0.4, -0.2) is 18.3 Å². The van der Waals surface area contributed by atoms with Crippen LogP contribution in [0.15, 0.2) is 24.3 Å². The Hall–Kier alpha value is -1.02. The standard InChI is InChI=1S/C16H22ClNO/c17-10-4-1-5-11-18-16(19)15-9-8-13-6-2-3-7-14(13)12-15/h2-3,6-7,15H,1,4-5,8-12H2,(H,18,19). The molecule has 104 valence electrons. The summed E-state index contributed by atoms with van der Waals surface area (Å²) in [6.45, 7) is 0.786. The molecule has 19 heavy (non-hydrogen) atoms. The van der Waals surface area contributed by atoms with Crippen molar-refractivity contribution >= 4 is 17.5 Å². The molecule has 1 amide bonds. The van der Waals surface area contributed by atoms with Crippen LogP contribution in [0.5, 0.6) is 0 Å². The molecule has 1 atom stereocenters. The van der Waals surface area contributed by atoms with E-state index in [-0.39, 0.29) is 11.8 Å². The molecule has 1 unspecified atom stereocenters. The van der Waals surface area contributed by atoms with Gasteiger partial charge in [0.2, 0.25) is 5.91 Å².